The van der Waals surface area contributed by atoms with Crippen LogP contribution >= 0.6 is 23.8 Å². The molecule has 8 heteroatoms. The highest BCUT2D eigenvalue weighted by Gasteiger charge is 2.42. The molecule has 6 nitrogen and oxygen atoms in total. The van der Waals surface area contributed by atoms with Gasteiger partial charge in [0.2, 0.25) is 0 Å². The van der Waals surface area contributed by atoms with E-state index in [4.69, 9.17) is 28.8 Å². The molecule has 0 aliphatic carbocycles. The maximum absolute atomic E-state index is 10.7. The van der Waals surface area contributed by atoms with E-state index in [0.717, 1.165) is 63.7 Å². The van der Waals surface area contributed by atoms with Gasteiger partial charge in [-0.1, -0.05) is 36.7 Å². The molecule has 2 aromatic carbocycles. The number of pyridine rings is 1. The summed E-state index contributed by atoms with van der Waals surface area (Å²) in [4.78, 5) is 9.26. The van der Waals surface area contributed by atoms with E-state index >= 15 is 0 Å². The van der Waals surface area contributed by atoms with Gasteiger partial charge in [0.15, 0.2) is 5.11 Å². The first-order valence-corrected chi connectivity index (χ1v) is 14.6. The Bertz CT molecular complexity index is 1550. The molecule has 2 fully saturated rings. The molecule has 2 aliphatic rings. The van der Waals surface area contributed by atoms with Crippen LogP contribution in [0.5, 0.6) is 5.75 Å². The van der Waals surface area contributed by atoms with Crippen LogP contribution in [-0.2, 0) is 0 Å². The van der Waals surface area contributed by atoms with Gasteiger partial charge in [-0.15, -0.1) is 0 Å². The summed E-state index contributed by atoms with van der Waals surface area (Å²) in [6.07, 6.45) is 4.17. The van der Waals surface area contributed by atoms with Crippen LogP contribution in [-0.4, -0.2) is 32.9 Å². The van der Waals surface area contributed by atoms with Crippen molar-refractivity contribution in [2.24, 2.45) is 5.92 Å². The second-order valence-electron chi connectivity index (χ2n) is 11.0. The van der Waals surface area contributed by atoms with E-state index in [-0.39, 0.29) is 17.8 Å². The minimum atomic E-state index is -0.175. The first kappa shape index (κ1) is 26.7. The molecule has 0 radical (unpaired) electrons. The summed E-state index contributed by atoms with van der Waals surface area (Å²) in [5.41, 5.74) is 6.84. The predicted molar refractivity (Wildman–Crippen MR) is 167 cm³/mol. The van der Waals surface area contributed by atoms with Crippen LogP contribution in [0.1, 0.15) is 54.5 Å². The Morgan fingerprint density at radius 1 is 0.975 bits per heavy atom. The van der Waals surface area contributed by atoms with Gasteiger partial charge in [-0.05, 0) is 98.9 Å². The highest BCUT2D eigenvalue weighted by Crippen LogP contribution is 2.45. The highest BCUT2D eigenvalue weighted by molar-refractivity contribution is 7.80. The Balaban J connectivity index is 1.45. The minimum absolute atomic E-state index is 0.172. The van der Waals surface area contributed by atoms with E-state index in [1.165, 1.54) is 12.8 Å². The molecule has 0 amide bonds. The van der Waals surface area contributed by atoms with Crippen LogP contribution < -0.4 is 15.1 Å². The Kier molecular flexibility index (Phi) is 7.19. The summed E-state index contributed by atoms with van der Waals surface area (Å²) in [7, 11) is 0. The minimum Gasteiger partial charge on any atom is -0.506 e. The number of nitrogens with zero attached hydrogens (tertiary/aromatic N) is 4. The smallest absolute Gasteiger partial charge is 0.174 e. The molecule has 2 aliphatic heterocycles. The third kappa shape index (κ3) is 4.71. The summed E-state index contributed by atoms with van der Waals surface area (Å²) >= 11 is 12.9. The molecule has 0 bridgehead atoms. The zero-order valence-electron chi connectivity index (χ0n) is 23.0. The SMILES string of the molecule is Cc1cc([C@@H]2[C@@H](c3ccccn3)NC(=S)N2c2ccc(N3CCC(C)CC3)c(Cl)c2)c(C)n1-c1ccccc1O. The number of aryl methyl sites for hydroxylation is 1. The summed E-state index contributed by atoms with van der Waals surface area (Å²) in [5, 5.41) is 15.6. The molecule has 2 saturated heterocycles. The average Bonchev–Trinajstić information content (AvgIpc) is 3.45. The number of aromatic hydroxyl groups is 1. The van der Waals surface area contributed by atoms with Crippen molar-refractivity contribution in [3.63, 3.8) is 0 Å². The number of hydrogen-bond acceptors (Lipinski definition) is 4. The van der Waals surface area contributed by atoms with Crippen molar-refractivity contribution >= 4 is 40.3 Å². The van der Waals surface area contributed by atoms with Crippen molar-refractivity contribution in [3.8, 4) is 11.4 Å². The fraction of sp³-hybridized carbons (Fsp3) is 0.312. The lowest BCUT2D eigenvalue weighted by Crippen LogP contribution is -2.33. The number of aromatic nitrogens is 2. The maximum atomic E-state index is 10.7. The molecule has 0 unspecified atom stereocenters. The number of hydrogen-bond donors (Lipinski definition) is 2. The van der Waals surface area contributed by atoms with Gasteiger partial charge in [0.25, 0.3) is 0 Å². The second kappa shape index (κ2) is 10.8. The van der Waals surface area contributed by atoms with Crippen molar-refractivity contribution < 1.29 is 5.11 Å². The predicted octanol–water partition coefficient (Wildman–Crippen LogP) is 7.26. The van der Waals surface area contributed by atoms with Crippen molar-refractivity contribution in [1.82, 2.24) is 14.9 Å². The number of nitrogens with one attached hydrogen (secondary N) is 1. The number of phenols is 1. The molecule has 2 N–H and O–H groups in total. The van der Waals surface area contributed by atoms with Crippen LogP contribution in [0.25, 0.3) is 5.69 Å². The third-order valence-electron chi connectivity index (χ3n) is 8.34. The topological polar surface area (TPSA) is 56.6 Å². The number of para-hydroxylation sites is 2. The molecule has 0 saturated carbocycles. The van der Waals surface area contributed by atoms with E-state index in [1.807, 2.05) is 48.7 Å². The summed E-state index contributed by atoms with van der Waals surface area (Å²) in [5.74, 6) is 0.993. The van der Waals surface area contributed by atoms with Crippen LogP contribution in [0.3, 0.4) is 0 Å². The summed E-state index contributed by atoms with van der Waals surface area (Å²) in [6, 6.07) is 21.5. The maximum Gasteiger partial charge on any atom is 0.174 e. The van der Waals surface area contributed by atoms with Gasteiger partial charge in [0, 0.05) is 36.4 Å². The quantitative estimate of drug-likeness (QED) is 0.246. The normalized spacial score (nSPS) is 19.8. The molecule has 4 aromatic rings. The van der Waals surface area contributed by atoms with Crippen LogP contribution in [0.15, 0.2) is 72.9 Å². The van der Waals surface area contributed by atoms with E-state index in [1.54, 1.807) is 6.07 Å². The molecule has 2 atom stereocenters. The third-order valence-corrected chi connectivity index (χ3v) is 8.96. The van der Waals surface area contributed by atoms with E-state index in [0.29, 0.717) is 5.11 Å². The lowest BCUT2D eigenvalue weighted by Gasteiger charge is -2.33. The summed E-state index contributed by atoms with van der Waals surface area (Å²) < 4.78 is 2.10. The number of benzene rings is 2. The zero-order chi connectivity index (χ0) is 28.0. The second-order valence-corrected chi connectivity index (χ2v) is 11.7. The van der Waals surface area contributed by atoms with Crippen molar-refractivity contribution in [2.75, 3.05) is 22.9 Å². The van der Waals surface area contributed by atoms with Gasteiger partial charge in [0.1, 0.15) is 5.75 Å². The van der Waals surface area contributed by atoms with Crippen LogP contribution in [0.4, 0.5) is 11.4 Å². The molecule has 2 aromatic heterocycles. The molecule has 6 rings (SSSR count). The fourth-order valence-electron chi connectivity index (χ4n) is 6.21. The van der Waals surface area contributed by atoms with E-state index in [2.05, 4.69) is 58.7 Å². The number of thiocarbonyl (C=S) groups is 1. The molecule has 4 heterocycles. The van der Waals surface area contributed by atoms with Crippen LogP contribution in [0, 0.1) is 19.8 Å². The molecular formula is C32H34ClN5OS. The monoisotopic (exact) mass is 571 g/mol. The number of rotatable bonds is 5. The number of phenolic OH excluding ortho intramolecular Hbond substituents is 1. The first-order valence-electron chi connectivity index (χ1n) is 13.9. The average molecular weight is 572 g/mol. The van der Waals surface area contributed by atoms with Gasteiger partial charge in [-0.25, -0.2) is 0 Å². The standard InChI is InChI=1S/C32H34ClN5OS/c1-20-13-16-36(17-14-20)27-12-11-23(19-25(27)33)38-31(30(35-32(38)40)26-8-6-7-15-34-26)24-18-21(2)37(22(24)3)28-9-4-5-10-29(28)39/h4-12,15,18-20,30-31,39H,13-14,16-17H2,1-3H3,(H,35,40)/t30-,31-/m1/s1. The molecule has 40 heavy (non-hydrogen) atoms. The lowest BCUT2D eigenvalue weighted by molar-refractivity contribution is 0.438. The lowest BCUT2D eigenvalue weighted by atomic mass is 9.96. The number of piperidine rings is 1. The molecular weight excluding hydrogens is 538 g/mol. The summed E-state index contributed by atoms with van der Waals surface area (Å²) in [6.45, 7) is 8.52. The van der Waals surface area contributed by atoms with Crippen molar-refractivity contribution in [2.45, 2.75) is 45.7 Å². The van der Waals surface area contributed by atoms with Gasteiger partial charge in [-0.3, -0.25) is 4.98 Å². The zero-order valence-corrected chi connectivity index (χ0v) is 24.6. The largest absolute Gasteiger partial charge is 0.506 e. The fourth-order valence-corrected chi connectivity index (χ4v) is 6.85. The molecule has 206 valence electrons. The number of anilines is 2. The van der Waals surface area contributed by atoms with Gasteiger partial charge < -0.3 is 24.8 Å². The van der Waals surface area contributed by atoms with Crippen molar-refractivity contribution in [1.29, 1.82) is 0 Å². The van der Waals surface area contributed by atoms with E-state index in [9.17, 15) is 5.11 Å². The van der Waals surface area contributed by atoms with Crippen molar-refractivity contribution in [3.05, 3.63) is 101 Å². The van der Waals surface area contributed by atoms with Crippen LogP contribution in [0.2, 0.25) is 5.02 Å². The first-order chi connectivity index (χ1) is 19.3. The van der Waals surface area contributed by atoms with E-state index < -0.39 is 0 Å². The Morgan fingerprint density at radius 2 is 1.73 bits per heavy atom. The Labute approximate surface area is 246 Å². The number of halogens is 1. The Hall–Kier alpha value is -3.55. The Morgan fingerprint density at radius 3 is 2.42 bits per heavy atom. The highest BCUT2D eigenvalue weighted by atomic mass is 35.5. The molecule has 0 spiro atoms. The van der Waals surface area contributed by atoms with Gasteiger partial charge >= 0.3 is 0 Å². The van der Waals surface area contributed by atoms with Gasteiger partial charge in [-0.2, -0.15) is 0 Å². The van der Waals surface area contributed by atoms with Gasteiger partial charge in [0.05, 0.1) is 34.2 Å².